The van der Waals surface area contributed by atoms with Gasteiger partial charge in [0.05, 0.1) is 18.0 Å². The number of hydrogen-bond donors (Lipinski definition) is 1. The molecular formula is C19H30N2O4S. The molecular weight excluding hydrogens is 352 g/mol. The van der Waals surface area contributed by atoms with Crippen LogP contribution in [0.25, 0.3) is 0 Å². The third-order valence-electron chi connectivity index (χ3n) is 4.71. The standard InChI is InChI=1S/C19H30N2O4S/c1-4-15-8-6-9-16(5-2)19(15)21(26(3,23)24)12-11-18(22)20-14-17-10-7-13-25-17/h6,8-9,17H,4-5,7,10-14H2,1-3H3,(H,20,22). The summed E-state index contributed by atoms with van der Waals surface area (Å²) in [6.07, 6.45) is 4.86. The highest BCUT2D eigenvalue weighted by Gasteiger charge is 2.23. The van der Waals surface area contributed by atoms with Gasteiger partial charge < -0.3 is 10.1 Å². The Labute approximate surface area is 157 Å². The molecule has 1 aliphatic rings. The molecule has 146 valence electrons. The van der Waals surface area contributed by atoms with Gasteiger partial charge in [-0.05, 0) is 36.8 Å². The van der Waals surface area contributed by atoms with Crippen molar-refractivity contribution in [3.05, 3.63) is 29.3 Å². The lowest BCUT2D eigenvalue weighted by Crippen LogP contribution is -2.37. The van der Waals surface area contributed by atoms with E-state index in [1.165, 1.54) is 10.6 Å². The van der Waals surface area contributed by atoms with Crippen LogP contribution in [0.15, 0.2) is 18.2 Å². The molecule has 0 bridgehead atoms. The molecule has 1 atom stereocenters. The highest BCUT2D eigenvalue weighted by Crippen LogP contribution is 2.29. The minimum Gasteiger partial charge on any atom is -0.376 e. The quantitative estimate of drug-likeness (QED) is 0.711. The predicted molar refractivity (Wildman–Crippen MR) is 104 cm³/mol. The van der Waals surface area contributed by atoms with E-state index in [2.05, 4.69) is 5.32 Å². The molecule has 0 spiro atoms. The summed E-state index contributed by atoms with van der Waals surface area (Å²) in [7, 11) is -3.48. The number of amides is 1. The number of anilines is 1. The Hall–Kier alpha value is -1.60. The normalized spacial score (nSPS) is 17.3. The fourth-order valence-electron chi connectivity index (χ4n) is 3.30. The van der Waals surface area contributed by atoms with E-state index in [1.54, 1.807) is 0 Å². The van der Waals surface area contributed by atoms with Gasteiger partial charge in [-0.3, -0.25) is 9.10 Å². The third-order valence-corrected chi connectivity index (χ3v) is 5.87. The Morgan fingerprint density at radius 1 is 1.27 bits per heavy atom. The average molecular weight is 383 g/mol. The van der Waals surface area contributed by atoms with Gasteiger partial charge in [-0.25, -0.2) is 8.42 Å². The van der Waals surface area contributed by atoms with E-state index < -0.39 is 10.0 Å². The van der Waals surface area contributed by atoms with E-state index in [1.807, 2.05) is 32.0 Å². The van der Waals surface area contributed by atoms with Gasteiger partial charge in [0.1, 0.15) is 0 Å². The summed E-state index contributed by atoms with van der Waals surface area (Å²) in [6, 6.07) is 5.85. The van der Waals surface area contributed by atoms with Gasteiger partial charge in [0.25, 0.3) is 0 Å². The number of rotatable bonds is 9. The highest BCUT2D eigenvalue weighted by atomic mass is 32.2. The minimum absolute atomic E-state index is 0.0810. The van der Waals surface area contributed by atoms with Crippen LogP contribution in [0, 0.1) is 0 Å². The third kappa shape index (κ3) is 5.45. The molecule has 0 aromatic heterocycles. The van der Waals surface area contributed by atoms with Crippen molar-refractivity contribution in [2.75, 3.05) is 30.3 Å². The van der Waals surface area contributed by atoms with Crippen LogP contribution in [0.5, 0.6) is 0 Å². The van der Waals surface area contributed by atoms with Crippen LogP contribution in [0.1, 0.15) is 44.2 Å². The molecule has 6 nitrogen and oxygen atoms in total. The SMILES string of the molecule is CCc1cccc(CC)c1N(CCC(=O)NCC1CCCO1)S(C)(=O)=O. The molecule has 1 saturated heterocycles. The number of aryl methyl sites for hydroxylation is 2. The first-order valence-electron chi connectivity index (χ1n) is 9.33. The lowest BCUT2D eigenvalue weighted by molar-refractivity contribution is -0.121. The second kappa shape index (κ2) is 9.37. The number of benzene rings is 1. The zero-order valence-corrected chi connectivity index (χ0v) is 16.8. The summed E-state index contributed by atoms with van der Waals surface area (Å²) in [6.45, 7) is 5.39. The molecule has 1 fully saturated rings. The average Bonchev–Trinajstić information content (AvgIpc) is 3.12. The van der Waals surface area contributed by atoms with E-state index in [0.717, 1.165) is 49.1 Å². The number of nitrogens with one attached hydrogen (secondary N) is 1. The number of carbonyl (C=O) groups is 1. The van der Waals surface area contributed by atoms with Crippen LogP contribution in [0.4, 0.5) is 5.69 Å². The van der Waals surface area contributed by atoms with Crippen molar-refractivity contribution in [3.8, 4) is 0 Å². The van der Waals surface area contributed by atoms with Gasteiger partial charge in [-0.15, -0.1) is 0 Å². The Balaban J connectivity index is 2.10. The molecule has 1 aliphatic heterocycles. The number of sulfonamides is 1. The molecule has 1 aromatic carbocycles. The number of para-hydroxylation sites is 1. The van der Waals surface area contributed by atoms with Crippen molar-refractivity contribution in [3.63, 3.8) is 0 Å². The van der Waals surface area contributed by atoms with E-state index in [9.17, 15) is 13.2 Å². The van der Waals surface area contributed by atoms with Crippen LogP contribution in [-0.2, 0) is 32.4 Å². The van der Waals surface area contributed by atoms with E-state index >= 15 is 0 Å². The van der Waals surface area contributed by atoms with Crippen LogP contribution in [0.2, 0.25) is 0 Å². The highest BCUT2D eigenvalue weighted by molar-refractivity contribution is 7.92. The minimum atomic E-state index is -3.48. The van der Waals surface area contributed by atoms with Crippen LogP contribution in [-0.4, -0.2) is 46.4 Å². The smallest absolute Gasteiger partial charge is 0.232 e. The molecule has 0 saturated carbocycles. The molecule has 1 N–H and O–H groups in total. The van der Waals surface area contributed by atoms with Crippen LogP contribution in [0.3, 0.4) is 0 Å². The molecule has 1 heterocycles. The molecule has 1 unspecified atom stereocenters. The van der Waals surface area contributed by atoms with Crippen molar-refractivity contribution in [2.45, 2.75) is 52.1 Å². The molecule has 26 heavy (non-hydrogen) atoms. The number of carbonyl (C=O) groups excluding carboxylic acids is 1. The molecule has 2 rings (SSSR count). The maximum Gasteiger partial charge on any atom is 0.232 e. The van der Waals surface area contributed by atoms with Crippen molar-refractivity contribution in [2.24, 2.45) is 0 Å². The first-order chi connectivity index (χ1) is 12.4. The van der Waals surface area contributed by atoms with Gasteiger partial charge in [0.15, 0.2) is 0 Å². The zero-order chi connectivity index (χ0) is 19.2. The largest absolute Gasteiger partial charge is 0.376 e. The molecule has 0 radical (unpaired) electrons. The monoisotopic (exact) mass is 382 g/mol. The molecule has 1 aromatic rings. The summed E-state index contributed by atoms with van der Waals surface area (Å²) in [5, 5.41) is 2.85. The van der Waals surface area contributed by atoms with Crippen molar-refractivity contribution in [1.29, 1.82) is 0 Å². The van der Waals surface area contributed by atoms with Gasteiger partial charge in [-0.1, -0.05) is 32.0 Å². The van der Waals surface area contributed by atoms with Gasteiger partial charge in [-0.2, -0.15) is 0 Å². The number of nitrogens with zero attached hydrogens (tertiary/aromatic N) is 1. The number of hydrogen-bond acceptors (Lipinski definition) is 4. The lowest BCUT2D eigenvalue weighted by Gasteiger charge is -2.27. The maximum absolute atomic E-state index is 12.4. The second-order valence-corrected chi connectivity index (χ2v) is 8.56. The number of ether oxygens (including phenoxy) is 1. The first-order valence-corrected chi connectivity index (χ1v) is 11.2. The van der Waals surface area contributed by atoms with Crippen molar-refractivity contribution < 1.29 is 17.9 Å². The molecule has 7 heteroatoms. The topological polar surface area (TPSA) is 75.7 Å². The summed E-state index contributed by atoms with van der Waals surface area (Å²) in [5.41, 5.74) is 2.69. The zero-order valence-electron chi connectivity index (χ0n) is 16.0. The summed E-state index contributed by atoms with van der Waals surface area (Å²) in [5.74, 6) is -0.152. The Morgan fingerprint density at radius 2 is 1.92 bits per heavy atom. The maximum atomic E-state index is 12.4. The Morgan fingerprint density at radius 3 is 2.42 bits per heavy atom. The van der Waals surface area contributed by atoms with E-state index in [4.69, 9.17) is 4.74 Å². The fourth-order valence-corrected chi connectivity index (χ4v) is 4.29. The molecule has 1 amide bonds. The second-order valence-electron chi connectivity index (χ2n) is 6.66. The molecule has 0 aliphatic carbocycles. The Kier molecular flexibility index (Phi) is 7.46. The Bertz CT molecular complexity index is 690. The predicted octanol–water partition coefficient (Wildman–Crippen LogP) is 2.26. The van der Waals surface area contributed by atoms with E-state index in [-0.39, 0.29) is 25.0 Å². The van der Waals surface area contributed by atoms with E-state index in [0.29, 0.717) is 6.54 Å². The van der Waals surface area contributed by atoms with Crippen molar-refractivity contribution in [1.82, 2.24) is 5.32 Å². The summed E-state index contributed by atoms with van der Waals surface area (Å²) in [4.78, 5) is 12.2. The van der Waals surface area contributed by atoms with Crippen LogP contribution >= 0.6 is 0 Å². The lowest BCUT2D eigenvalue weighted by atomic mass is 10.0. The van der Waals surface area contributed by atoms with Gasteiger partial charge in [0.2, 0.25) is 15.9 Å². The van der Waals surface area contributed by atoms with Crippen molar-refractivity contribution >= 4 is 21.6 Å². The van der Waals surface area contributed by atoms with Crippen LogP contribution < -0.4 is 9.62 Å². The fraction of sp³-hybridized carbons (Fsp3) is 0.632. The summed E-state index contributed by atoms with van der Waals surface area (Å²) < 4.78 is 31.7. The first kappa shape index (κ1) is 20.7. The van der Waals surface area contributed by atoms with Gasteiger partial charge >= 0.3 is 0 Å². The summed E-state index contributed by atoms with van der Waals surface area (Å²) >= 11 is 0. The van der Waals surface area contributed by atoms with Gasteiger partial charge in [0, 0.05) is 26.1 Å².